The van der Waals surface area contributed by atoms with Crippen molar-refractivity contribution in [1.29, 1.82) is 5.26 Å². The molecule has 0 N–H and O–H groups in total. The normalized spacial score (nSPS) is 13.7. The zero-order valence-electron chi connectivity index (χ0n) is 42.5. The molecule has 0 unspecified atom stereocenters. The number of rotatable bonds is 6. The second-order valence-corrected chi connectivity index (χ2v) is 21.4. The lowest BCUT2D eigenvalue weighted by atomic mass is 9.80. The van der Waals surface area contributed by atoms with Crippen LogP contribution in [0.15, 0.2) is 218 Å². The van der Waals surface area contributed by atoms with E-state index < -0.39 is 0 Å². The van der Waals surface area contributed by atoms with Crippen LogP contribution < -0.4 is 0 Å². The standard InChI is InChI=1S/C70H48N6/c1-69(2)55-27-15-11-23-46(55)48-34-37-60-62(64(48)69)51-25-13-17-29-57(51)75(60)45-32-33-50(68-73-66(43-19-7-5-8-20-43)72-67(74-68)44-21-9-6-10-22-44)53(40-45)54-39-42(41-71)31-36-59(54)76-58-30-18-14-26-52(58)63-61(76)38-35-49-47-24-12-16-28-56(47)70(3,4)65(49)63/h5-40H,1-4H3. The number of nitriles is 1. The van der Waals surface area contributed by atoms with Gasteiger partial charge in [-0.3, -0.25) is 0 Å². The second kappa shape index (κ2) is 16.1. The van der Waals surface area contributed by atoms with Gasteiger partial charge in [0.05, 0.1) is 39.4 Å². The van der Waals surface area contributed by atoms with E-state index in [0.29, 0.717) is 23.0 Å². The summed E-state index contributed by atoms with van der Waals surface area (Å²) in [5.74, 6) is 1.68. The van der Waals surface area contributed by atoms with Gasteiger partial charge in [-0.05, 0) is 111 Å². The Balaban J connectivity index is 1.05. The Morgan fingerprint density at radius 2 is 0.842 bits per heavy atom. The molecule has 15 rings (SSSR count). The van der Waals surface area contributed by atoms with E-state index in [1.807, 2.05) is 66.7 Å². The van der Waals surface area contributed by atoms with Crippen LogP contribution in [0.25, 0.3) is 123 Å². The second-order valence-electron chi connectivity index (χ2n) is 21.4. The number of benzene rings is 10. The molecule has 0 spiro atoms. The Kier molecular flexibility index (Phi) is 9.32. The SMILES string of the molecule is CC1(C)c2ccccc2-c2ccc3c(c21)c1ccccc1n3-c1ccc(-c2nc(-c3ccccc3)nc(-c3ccccc3)n2)c(-c2cc(C#N)ccc2-n2c3ccccc3c3c4c(ccc32)-c2ccccc2C4(C)C)c1. The molecule has 0 bridgehead atoms. The van der Waals surface area contributed by atoms with Crippen molar-refractivity contribution in [2.75, 3.05) is 0 Å². The third kappa shape index (κ3) is 6.17. The van der Waals surface area contributed by atoms with Crippen molar-refractivity contribution in [3.05, 3.63) is 246 Å². The van der Waals surface area contributed by atoms with E-state index in [1.165, 1.54) is 66.1 Å². The number of nitrogens with zero attached hydrogens (tertiary/aromatic N) is 6. The molecule has 0 amide bonds. The smallest absolute Gasteiger partial charge is 0.164 e. The summed E-state index contributed by atoms with van der Waals surface area (Å²) in [6, 6.07) is 80.2. The van der Waals surface area contributed by atoms with E-state index >= 15 is 0 Å². The van der Waals surface area contributed by atoms with Crippen LogP contribution in [0.1, 0.15) is 55.5 Å². The summed E-state index contributed by atoms with van der Waals surface area (Å²) in [5, 5.41) is 15.7. The summed E-state index contributed by atoms with van der Waals surface area (Å²) in [7, 11) is 0. The lowest BCUT2D eigenvalue weighted by Crippen LogP contribution is -2.15. The van der Waals surface area contributed by atoms with Crippen LogP contribution in [0.4, 0.5) is 0 Å². The molecule has 3 heterocycles. The Bertz CT molecular complexity index is 4590. The van der Waals surface area contributed by atoms with Gasteiger partial charge in [-0.2, -0.15) is 5.26 Å². The highest BCUT2D eigenvalue weighted by Gasteiger charge is 2.40. The molecular formula is C70H48N6. The number of aromatic nitrogens is 5. The maximum Gasteiger partial charge on any atom is 0.164 e. The van der Waals surface area contributed by atoms with Crippen LogP contribution in [0, 0.1) is 11.3 Å². The highest BCUT2D eigenvalue weighted by Crippen LogP contribution is 2.55. The first-order valence-corrected chi connectivity index (χ1v) is 26.1. The molecule has 13 aromatic rings. The van der Waals surface area contributed by atoms with Gasteiger partial charge in [0, 0.05) is 60.3 Å². The molecule has 10 aromatic carbocycles. The molecule has 0 fully saturated rings. The molecule has 0 aliphatic heterocycles. The van der Waals surface area contributed by atoms with Crippen molar-refractivity contribution < 1.29 is 0 Å². The summed E-state index contributed by atoms with van der Waals surface area (Å²) in [4.78, 5) is 15.8. The molecule has 76 heavy (non-hydrogen) atoms. The van der Waals surface area contributed by atoms with E-state index in [1.54, 1.807) is 0 Å². The Labute approximate surface area is 440 Å². The van der Waals surface area contributed by atoms with Crippen molar-refractivity contribution >= 4 is 43.6 Å². The topological polar surface area (TPSA) is 72.3 Å². The summed E-state index contributed by atoms with van der Waals surface area (Å²) < 4.78 is 4.84. The number of hydrogen-bond donors (Lipinski definition) is 0. The highest BCUT2D eigenvalue weighted by molar-refractivity contribution is 6.16. The fourth-order valence-electron chi connectivity index (χ4n) is 13.2. The van der Waals surface area contributed by atoms with Gasteiger partial charge in [-0.15, -0.1) is 0 Å². The van der Waals surface area contributed by atoms with Gasteiger partial charge in [0.15, 0.2) is 17.5 Å². The molecule has 0 saturated heterocycles. The van der Waals surface area contributed by atoms with Crippen molar-refractivity contribution in [3.8, 4) is 85.0 Å². The van der Waals surface area contributed by atoms with Crippen LogP contribution in [0.2, 0.25) is 0 Å². The Morgan fingerprint density at radius 3 is 1.41 bits per heavy atom. The first-order chi connectivity index (χ1) is 37.2. The summed E-state index contributed by atoms with van der Waals surface area (Å²) in [6.07, 6.45) is 0. The van der Waals surface area contributed by atoms with Crippen LogP contribution in [-0.4, -0.2) is 24.1 Å². The minimum atomic E-state index is -0.249. The zero-order chi connectivity index (χ0) is 51.0. The average molecular weight is 973 g/mol. The predicted molar refractivity (Wildman–Crippen MR) is 310 cm³/mol. The summed E-state index contributed by atoms with van der Waals surface area (Å²) in [6.45, 7) is 9.45. The van der Waals surface area contributed by atoms with Gasteiger partial charge >= 0.3 is 0 Å². The molecule has 3 aromatic heterocycles. The fourth-order valence-corrected chi connectivity index (χ4v) is 13.2. The van der Waals surface area contributed by atoms with Crippen molar-refractivity contribution in [2.24, 2.45) is 0 Å². The first-order valence-electron chi connectivity index (χ1n) is 26.1. The molecule has 0 saturated carbocycles. The van der Waals surface area contributed by atoms with Crippen molar-refractivity contribution in [2.45, 2.75) is 38.5 Å². The Hall–Kier alpha value is -9.70. The van der Waals surface area contributed by atoms with Crippen LogP contribution in [-0.2, 0) is 10.8 Å². The lowest BCUT2D eigenvalue weighted by Gasteiger charge is -2.23. The predicted octanol–water partition coefficient (Wildman–Crippen LogP) is 17.2. The van der Waals surface area contributed by atoms with E-state index in [2.05, 4.69) is 195 Å². The van der Waals surface area contributed by atoms with Crippen molar-refractivity contribution in [1.82, 2.24) is 24.1 Å². The largest absolute Gasteiger partial charge is 0.309 e. The van der Waals surface area contributed by atoms with Crippen LogP contribution >= 0.6 is 0 Å². The molecule has 6 nitrogen and oxygen atoms in total. The molecule has 358 valence electrons. The third-order valence-corrected chi connectivity index (χ3v) is 16.6. The average Bonchev–Trinajstić information content (AvgIpc) is 4.19. The third-order valence-electron chi connectivity index (χ3n) is 16.6. The zero-order valence-corrected chi connectivity index (χ0v) is 42.5. The highest BCUT2D eigenvalue weighted by atomic mass is 15.0. The molecule has 0 atom stereocenters. The monoisotopic (exact) mass is 972 g/mol. The minimum absolute atomic E-state index is 0.228. The van der Waals surface area contributed by atoms with Gasteiger partial charge in [-0.25, -0.2) is 15.0 Å². The van der Waals surface area contributed by atoms with Gasteiger partial charge < -0.3 is 9.13 Å². The maximum atomic E-state index is 10.9. The molecule has 0 radical (unpaired) electrons. The van der Waals surface area contributed by atoms with Crippen LogP contribution in [0.5, 0.6) is 0 Å². The summed E-state index contributed by atoms with van der Waals surface area (Å²) in [5.41, 5.74) is 21.3. The van der Waals surface area contributed by atoms with E-state index in [9.17, 15) is 5.26 Å². The van der Waals surface area contributed by atoms with E-state index in [-0.39, 0.29) is 10.8 Å². The van der Waals surface area contributed by atoms with Gasteiger partial charge in [0.25, 0.3) is 0 Å². The number of para-hydroxylation sites is 2. The lowest BCUT2D eigenvalue weighted by molar-refractivity contribution is 0.666. The molecule has 6 heteroatoms. The van der Waals surface area contributed by atoms with E-state index in [0.717, 1.165) is 61.3 Å². The summed E-state index contributed by atoms with van der Waals surface area (Å²) >= 11 is 0. The Morgan fingerprint density at radius 1 is 0.368 bits per heavy atom. The van der Waals surface area contributed by atoms with Gasteiger partial charge in [0.2, 0.25) is 0 Å². The van der Waals surface area contributed by atoms with Crippen LogP contribution in [0.3, 0.4) is 0 Å². The number of fused-ring (bicyclic) bond motifs is 14. The number of hydrogen-bond acceptors (Lipinski definition) is 4. The molecular weight excluding hydrogens is 925 g/mol. The van der Waals surface area contributed by atoms with Gasteiger partial charge in [-0.1, -0.05) is 185 Å². The minimum Gasteiger partial charge on any atom is -0.309 e. The molecule has 2 aliphatic carbocycles. The first kappa shape index (κ1) is 43.8. The fraction of sp³-hybridized carbons (Fsp3) is 0.0857. The maximum absolute atomic E-state index is 10.9. The van der Waals surface area contributed by atoms with E-state index in [4.69, 9.17) is 15.0 Å². The quantitative estimate of drug-likeness (QED) is 0.166. The molecule has 2 aliphatic rings. The van der Waals surface area contributed by atoms with Gasteiger partial charge in [0.1, 0.15) is 0 Å². The van der Waals surface area contributed by atoms with Crippen molar-refractivity contribution in [3.63, 3.8) is 0 Å².